The molecule has 0 aromatic heterocycles. The van der Waals surface area contributed by atoms with E-state index in [1.165, 1.54) is 0 Å². The van der Waals surface area contributed by atoms with Gasteiger partial charge >= 0.3 is 0 Å². The molecule has 1 saturated carbocycles. The smallest absolute Gasteiger partial charge is 0.254 e. The highest BCUT2D eigenvalue weighted by molar-refractivity contribution is 6.14. The van der Waals surface area contributed by atoms with E-state index < -0.39 is 0 Å². The van der Waals surface area contributed by atoms with Crippen LogP contribution in [-0.4, -0.2) is 23.0 Å². The summed E-state index contributed by atoms with van der Waals surface area (Å²) in [4.78, 5) is 25.8. The van der Waals surface area contributed by atoms with Crippen LogP contribution < -0.4 is 0 Å². The number of nitrogens with zero attached hydrogens (tertiary/aromatic N) is 2. The molecule has 3 aromatic rings. The van der Waals surface area contributed by atoms with Gasteiger partial charge in [-0.3, -0.25) is 9.59 Å². The Bertz CT molecular complexity index is 1140. The zero-order chi connectivity index (χ0) is 18.8. The second kappa shape index (κ2) is 5.61. The SMILES string of the molecule is O=C1C2C3C=CC(C3)C2C(=O)N1N=Cc1c2ccccc2cc2ccccc12. The third-order valence-electron chi connectivity index (χ3n) is 6.56. The van der Waals surface area contributed by atoms with Gasteiger partial charge in [0.1, 0.15) is 0 Å². The van der Waals surface area contributed by atoms with E-state index in [0.29, 0.717) is 0 Å². The molecule has 4 unspecified atom stereocenters. The topological polar surface area (TPSA) is 49.7 Å². The minimum atomic E-state index is -0.219. The lowest BCUT2D eigenvalue weighted by atomic mass is 9.85. The third kappa shape index (κ3) is 2.03. The van der Waals surface area contributed by atoms with Crippen LogP contribution in [0.4, 0.5) is 0 Å². The molecule has 2 bridgehead atoms. The van der Waals surface area contributed by atoms with Gasteiger partial charge in [0.2, 0.25) is 0 Å². The van der Waals surface area contributed by atoms with Gasteiger partial charge in [-0.05, 0) is 45.9 Å². The van der Waals surface area contributed by atoms with Gasteiger partial charge in [-0.15, -0.1) is 0 Å². The lowest BCUT2D eigenvalue weighted by Crippen LogP contribution is -2.28. The number of amides is 2. The Balaban J connectivity index is 1.46. The number of benzene rings is 3. The van der Waals surface area contributed by atoms with E-state index in [1.54, 1.807) is 6.21 Å². The molecule has 2 fully saturated rings. The van der Waals surface area contributed by atoms with Crippen molar-refractivity contribution in [1.82, 2.24) is 5.01 Å². The summed E-state index contributed by atoms with van der Waals surface area (Å²) in [5, 5.41) is 9.89. The van der Waals surface area contributed by atoms with Crippen LogP contribution in [0.25, 0.3) is 21.5 Å². The summed E-state index contributed by atoms with van der Waals surface area (Å²) in [6, 6.07) is 18.4. The van der Waals surface area contributed by atoms with Crippen molar-refractivity contribution < 1.29 is 9.59 Å². The molecule has 6 rings (SSSR count). The molecule has 3 aliphatic rings. The molecule has 0 radical (unpaired) electrons. The second-order valence-electron chi connectivity index (χ2n) is 7.97. The minimum Gasteiger partial charge on any atom is -0.272 e. The monoisotopic (exact) mass is 366 g/mol. The first-order valence-electron chi connectivity index (χ1n) is 9.73. The number of carbonyl (C=O) groups excluding carboxylic acids is 2. The van der Waals surface area contributed by atoms with Crippen LogP contribution in [0.5, 0.6) is 0 Å². The number of hydrogen-bond donors (Lipinski definition) is 0. The summed E-state index contributed by atoms with van der Waals surface area (Å²) in [6.07, 6.45) is 6.82. The Kier molecular flexibility index (Phi) is 3.16. The van der Waals surface area contributed by atoms with Crippen molar-refractivity contribution >= 4 is 39.6 Å². The highest BCUT2D eigenvalue weighted by Crippen LogP contribution is 2.52. The molecule has 1 saturated heterocycles. The van der Waals surface area contributed by atoms with Crippen molar-refractivity contribution in [3.05, 3.63) is 72.3 Å². The molecule has 0 spiro atoms. The minimum absolute atomic E-state index is 0.146. The van der Waals surface area contributed by atoms with Gasteiger partial charge < -0.3 is 0 Å². The molecule has 136 valence electrons. The Morgan fingerprint density at radius 2 is 1.36 bits per heavy atom. The van der Waals surface area contributed by atoms with Crippen molar-refractivity contribution in [1.29, 1.82) is 0 Å². The first-order valence-corrected chi connectivity index (χ1v) is 9.73. The average Bonchev–Trinajstić information content (AvgIpc) is 3.40. The van der Waals surface area contributed by atoms with Crippen molar-refractivity contribution in [2.24, 2.45) is 28.8 Å². The first-order chi connectivity index (χ1) is 13.7. The van der Waals surface area contributed by atoms with Gasteiger partial charge in [0.25, 0.3) is 11.8 Å². The maximum absolute atomic E-state index is 12.9. The molecule has 28 heavy (non-hydrogen) atoms. The number of rotatable bonds is 2. The largest absolute Gasteiger partial charge is 0.272 e. The molecule has 1 heterocycles. The second-order valence-corrected chi connectivity index (χ2v) is 7.97. The highest BCUT2D eigenvalue weighted by Gasteiger charge is 2.59. The predicted molar refractivity (Wildman–Crippen MR) is 109 cm³/mol. The Labute approximate surface area is 162 Å². The van der Waals surface area contributed by atoms with E-state index >= 15 is 0 Å². The van der Waals surface area contributed by atoms with Crippen LogP contribution in [0.15, 0.2) is 71.9 Å². The maximum Gasteiger partial charge on any atom is 0.254 e. The summed E-state index contributed by atoms with van der Waals surface area (Å²) in [5.74, 6) is -0.330. The van der Waals surface area contributed by atoms with E-state index in [0.717, 1.165) is 38.5 Å². The molecule has 2 aliphatic carbocycles. The zero-order valence-electron chi connectivity index (χ0n) is 15.2. The summed E-state index contributed by atoms with van der Waals surface area (Å²) >= 11 is 0. The van der Waals surface area contributed by atoms with Crippen LogP contribution in [0, 0.1) is 23.7 Å². The number of carbonyl (C=O) groups is 2. The maximum atomic E-state index is 12.9. The summed E-state index contributed by atoms with van der Waals surface area (Å²) in [7, 11) is 0. The molecule has 0 N–H and O–H groups in total. The van der Waals surface area contributed by atoms with Crippen molar-refractivity contribution in [3.8, 4) is 0 Å². The van der Waals surface area contributed by atoms with Crippen molar-refractivity contribution in [2.45, 2.75) is 6.42 Å². The van der Waals surface area contributed by atoms with Gasteiger partial charge in [0, 0.05) is 5.56 Å². The quantitative estimate of drug-likeness (QED) is 0.296. The van der Waals surface area contributed by atoms with E-state index in [2.05, 4.69) is 47.6 Å². The molecule has 4 heteroatoms. The van der Waals surface area contributed by atoms with Gasteiger partial charge in [0.05, 0.1) is 18.1 Å². The number of allylic oxidation sites excluding steroid dienone is 2. The summed E-state index contributed by atoms with van der Waals surface area (Å²) < 4.78 is 0. The van der Waals surface area contributed by atoms with Crippen molar-refractivity contribution in [2.75, 3.05) is 0 Å². The summed E-state index contributed by atoms with van der Waals surface area (Å²) in [5.41, 5.74) is 0.937. The fourth-order valence-corrected chi connectivity index (χ4v) is 5.30. The zero-order valence-corrected chi connectivity index (χ0v) is 15.2. The molecular weight excluding hydrogens is 348 g/mol. The van der Waals surface area contributed by atoms with Crippen LogP contribution in [0.1, 0.15) is 12.0 Å². The molecule has 2 amide bonds. The Morgan fingerprint density at radius 3 is 1.93 bits per heavy atom. The summed E-state index contributed by atoms with van der Waals surface area (Å²) in [6.45, 7) is 0. The normalized spacial score (nSPS) is 28.4. The number of hydrogen-bond acceptors (Lipinski definition) is 3. The van der Waals surface area contributed by atoms with Gasteiger partial charge in [-0.1, -0.05) is 60.7 Å². The third-order valence-corrected chi connectivity index (χ3v) is 6.56. The molecule has 4 atom stereocenters. The predicted octanol–water partition coefficient (Wildman–Crippen LogP) is 4.13. The van der Waals surface area contributed by atoms with E-state index in [1.807, 2.05) is 24.3 Å². The van der Waals surface area contributed by atoms with E-state index in [4.69, 9.17) is 0 Å². The van der Waals surface area contributed by atoms with Crippen LogP contribution in [-0.2, 0) is 9.59 Å². The van der Waals surface area contributed by atoms with Crippen LogP contribution in [0.3, 0.4) is 0 Å². The fourth-order valence-electron chi connectivity index (χ4n) is 5.30. The van der Waals surface area contributed by atoms with Gasteiger partial charge in [0.15, 0.2) is 0 Å². The Morgan fingerprint density at radius 1 is 0.821 bits per heavy atom. The number of imide groups is 1. The number of hydrazone groups is 1. The molecule has 4 nitrogen and oxygen atoms in total. The number of fused-ring (bicyclic) bond motifs is 7. The lowest BCUT2D eigenvalue weighted by molar-refractivity contribution is -0.140. The average molecular weight is 366 g/mol. The lowest BCUT2D eigenvalue weighted by Gasteiger charge is -2.13. The fraction of sp³-hybridized carbons (Fsp3) is 0.208. The molecular formula is C24H18N2O2. The van der Waals surface area contributed by atoms with Crippen LogP contribution in [0.2, 0.25) is 0 Å². The van der Waals surface area contributed by atoms with Crippen molar-refractivity contribution in [3.63, 3.8) is 0 Å². The Hall–Kier alpha value is -3.27. The standard InChI is InChI=1S/C24H18N2O2/c27-23-21-16-9-10-17(12-16)22(21)24(28)26(23)25-13-20-18-7-3-1-5-14(18)11-15-6-2-4-8-19(15)20/h1-11,13,16-17,21-22H,12H2. The van der Waals surface area contributed by atoms with E-state index in [-0.39, 0.29) is 35.5 Å². The highest BCUT2D eigenvalue weighted by atomic mass is 16.2. The van der Waals surface area contributed by atoms with Gasteiger partial charge in [-0.2, -0.15) is 10.1 Å². The first kappa shape index (κ1) is 15.8. The van der Waals surface area contributed by atoms with E-state index in [9.17, 15) is 9.59 Å². The molecule has 1 aliphatic heterocycles. The molecule has 3 aromatic carbocycles. The van der Waals surface area contributed by atoms with Gasteiger partial charge in [-0.25, -0.2) is 0 Å². The van der Waals surface area contributed by atoms with Crippen LogP contribution >= 0.6 is 0 Å².